The minimum absolute atomic E-state index is 0.00140. The molecule has 1 atom stereocenters. The molecule has 2 aromatic carbocycles. The SMILES string of the molecule is CO[C@@H](C)CCOc1cc(O)c2c(c1N)C(=O)c1ccccc1C2=O. The zero-order chi connectivity index (χ0) is 18.1. The minimum Gasteiger partial charge on any atom is -0.507 e. The van der Waals surface area contributed by atoms with Gasteiger partial charge in [-0.15, -0.1) is 0 Å². The van der Waals surface area contributed by atoms with E-state index in [2.05, 4.69) is 0 Å². The lowest BCUT2D eigenvalue weighted by Gasteiger charge is -2.22. The van der Waals surface area contributed by atoms with Crippen LogP contribution in [0.4, 0.5) is 5.69 Å². The molecule has 0 radical (unpaired) electrons. The Morgan fingerprint density at radius 1 is 1.12 bits per heavy atom. The number of ketones is 2. The number of hydrogen-bond acceptors (Lipinski definition) is 6. The maximum Gasteiger partial charge on any atom is 0.198 e. The fourth-order valence-corrected chi connectivity index (χ4v) is 2.85. The molecule has 2 aromatic rings. The summed E-state index contributed by atoms with van der Waals surface area (Å²) in [5, 5.41) is 10.3. The molecule has 0 aliphatic heterocycles. The molecule has 0 heterocycles. The summed E-state index contributed by atoms with van der Waals surface area (Å²) in [5.41, 5.74) is 6.62. The molecule has 0 aromatic heterocycles. The van der Waals surface area contributed by atoms with Crippen LogP contribution in [-0.4, -0.2) is 36.5 Å². The zero-order valence-corrected chi connectivity index (χ0v) is 14.0. The highest BCUT2D eigenvalue weighted by molar-refractivity contribution is 6.31. The van der Waals surface area contributed by atoms with E-state index in [9.17, 15) is 14.7 Å². The van der Waals surface area contributed by atoms with Gasteiger partial charge < -0.3 is 20.3 Å². The van der Waals surface area contributed by atoms with Gasteiger partial charge in [-0.3, -0.25) is 9.59 Å². The Morgan fingerprint density at radius 2 is 1.72 bits per heavy atom. The lowest BCUT2D eigenvalue weighted by atomic mass is 9.82. The van der Waals surface area contributed by atoms with Gasteiger partial charge in [0.1, 0.15) is 11.5 Å². The molecule has 0 fully saturated rings. The first kappa shape index (κ1) is 17.0. The van der Waals surface area contributed by atoms with Crippen molar-refractivity contribution < 1.29 is 24.2 Å². The number of phenols is 1. The normalized spacial score (nSPS) is 14.0. The van der Waals surface area contributed by atoms with Crippen LogP contribution in [0, 0.1) is 0 Å². The van der Waals surface area contributed by atoms with Crippen molar-refractivity contribution in [2.24, 2.45) is 0 Å². The van der Waals surface area contributed by atoms with Crippen molar-refractivity contribution in [1.82, 2.24) is 0 Å². The van der Waals surface area contributed by atoms with Crippen molar-refractivity contribution in [2.45, 2.75) is 19.4 Å². The maximum absolute atomic E-state index is 12.8. The van der Waals surface area contributed by atoms with Gasteiger partial charge in [0.25, 0.3) is 0 Å². The molecule has 0 saturated carbocycles. The number of nitrogen functional groups attached to an aromatic ring is 1. The van der Waals surface area contributed by atoms with Gasteiger partial charge in [0, 0.05) is 30.7 Å². The highest BCUT2D eigenvalue weighted by atomic mass is 16.5. The molecule has 3 N–H and O–H groups in total. The van der Waals surface area contributed by atoms with E-state index in [4.69, 9.17) is 15.2 Å². The fraction of sp³-hybridized carbons (Fsp3) is 0.263. The second kappa shape index (κ2) is 6.57. The van der Waals surface area contributed by atoms with Crippen LogP contribution in [0.1, 0.15) is 45.2 Å². The lowest BCUT2D eigenvalue weighted by Crippen LogP contribution is -2.23. The number of benzene rings is 2. The number of carbonyl (C=O) groups excluding carboxylic acids is 2. The number of methoxy groups -OCH3 is 1. The van der Waals surface area contributed by atoms with E-state index >= 15 is 0 Å². The zero-order valence-electron chi connectivity index (χ0n) is 14.0. The third-order valence-electron chi connectivity index (χ3n) is 4.36. The first-order chi connectivity index (χ1) is 12.0. The third kappa shape index (κ3) is 2.85. The Kier molecular flexibility index (Phi) is 4.46. The van der Waals surface area contributed by atoms with E-state index < -0.39 is 11.6 Å². The smallest absolute Gasteiger partial charge is 0.198 e. The van der Waals surface area contributed by atoms with Crippen molar-refractivity contribution in [1.29, 1.82) is 0 Å². The van der Waals surface area contributed by atoms with Gasteiger partial charge in [-0.05, 0) is 6.92 Å². The third-order valence-corrected chi connectivity index (χ3v) is 4.36. The molecule has 0 amide bonds. The van der Waals surface area contributed by atoms with E-state index in [1.807, 2.05) is 6.92 Å². The Balaban J connectivity index is 2.01. The van der Waals surface area contributed by atoms with Crippen LogP contribution in [0.5, 0.6) is 11.5 Å². The van der Waals surface area contributed by atoms with Crippen LogP contribution in [0.15, 0.2) is 30.3 Å². The molecule has 3 rings (SSSR count). The molecule has 130 valence electrons. The van der Waals surface area contributed by atoms with Gasteiger partial charge in [0.15, 0.2) is 11.6 Å². The van der Waals surface area contributed by atoms with Crippen molar-refractivity contribution in [3.63, 3.8) is 0 Å². The molecule has 0 bridgehead atoms. The number of phenolic OH excluding ortho intramolecular Hbond substituents is 1. The highest BCUT2D eigenvalue weighted by Crippen LogP contribution is 2.41. The molecule has 0 saturated heterocycles. The maximum atomic E-state index is 12.8. The molecular formula is C19H19NO5. The van der Waals surface area contributed by atoms with E-state index in [1.165, 1.54) is 6.07 Å². The molecule has 1 aliphatic rings. The van der Waals surface area contributed by atoms with Crippen molar-refractivity contribution >= 4 is 17.3 Å². The second-order valence-electron chi connectivity index (χ2n) is 5.94. The summed E-state index contributed by atoms with van der Waals surface area (Å²) in [4.78, 5) is 25.4. The van der Waals surface area contributed by atoms with Gasteiger partial charge in [-0.1, -0.05) is 24.3 Å². The summed E-state index contributed by atoms with van der Waals surface area (Å²) in [7, 11) is 1.60. The first-order valence-corrected chi connectivity index (χ1v) is 7.95. The van der Waals surface area contributed by atoms with Crippen molar-refractivity contribution in [2.75, 3.05) is 19.5 Å². The average molecular weight is 341 g/mol. The van der Waals surface area contributed by atoms with Crippen LogP contribution < -0.4 is 10.5 Å². The van der Waals surface area contributed by atoms with E-state index in [-0.39, 0.29) is 45.5 Å². The predicted molar refractivity (Wildman–Crippen MR) is 92.4 cm³/mol. The molecule has 0 unspecified atom stereocenters. The summed E-state index contributed by atoms with van der Waals surface area (Å²) in [6, 6.07) is 7.76. The highest BCUT2D eigenvalue weighted by Gasteiger charge is 2.35. The monoisotopic (exact) mass is 341 g/mol. The van der Waals surface area contributed by atoms with Gasteiger partial charge in [-0.25, -0.2) is 0 Å². The molecule has 1 aliphatic carbocycles. The summed E-state index contributed by atoms with van der Waals surface area (Å²) in [6.07, 6.45) is 0.617. The van der Waals surface area contributed by atoms with Crippen molar-refractivity contribution in [3.8, 4) is 11.5 Å². The van der Waals surface area contributed by atoms with Gasteiger partial charge in [-0.2, -0.15) is 0 Å². The average Bonchev–Trinajstić information content (AvgIpc) is 2.62. The van der Waals surface area contributed by atoms with E-state index in [0.29, 0.717) is 13.0 Å². The van der Waals surface area contributed by atoms with Crippen LogP contribution in [-0.2, 0) is 4.74 Å². The summed E-state index contributed by atoms with van der Waals surface area (Å²) >= 11 is 0. The first-order valence-electron chi connectivity index (χ1n) is 7.95. The minimum atomic E-state index is -0.422. The molecular weight excluding hydrogens is 322 g/mol. The Morgan fingerprint density at radius 3 is 2.32 bits per heavy atom. The Bertz CT molecular complexity index is 859. The number of nitrogens with two attached hydrogens (primary N) is 1. The topological polar surface area (TPSA) is 98.8 Å². The number of carbonyl (C=O) groups is 2. The summed E-state index contributed by atoms with van der Waals surface area (Å²) in [5.74, 6) is -0.949. The van der Waals surface area contributed by atoms with Crippen LogP contribution in [0.25, 0.3) is 0 Å². The van der Waals surface area contributed by atoms with E-state index in [1.54, 1.807) is 31.4 Å². The quantitative estimate of drug-likeness (QED) is 0.546. The summed E-state index contributed by atoms with van der Waals surface area (Å²) < 4.78 is 10.7. The summed E-state index contributed by atoms with van der Waals surface area (Å²) in [6.45, 7) is 2.20. The van der Waals surface area contributed by atoms with Crippen LogP contribution >= 0.6 is 0 Å². The largest absolute Gasteiger partial charge is 0.507 e. The van der Waals surface area contributed by atoms with Gasteiger partial charge >= 0.3 is 0 Å². The van der Waals surface area contributed by atoms with Crippen LogP contribution in [0.3, 0.4) is 0 Å². The number of ether oxygens (including phenoxy) is 2. The molecule has 6 nitrogen and oxygen atoms in total. The Labute approximate surface area is 145 Å². The fourth-order valence-electron chi connectivity index (χ4n) is 2.85. The standard InChI is InChI=1S/C19H19NO5/c1-10(24-2)7-8-25-14-9-13(21)15-16(17(14)20)19(23)12-6-4-3-5-11(12)18(15)22/h3-6,9-10,21H,7-8,20H2,1-2H3/t10-/m0/s1. The molecule has 25 heavy (non-hydrogen) atoms. The van der Waals surface area contributed by atoms with Gasteiger partial charge in [0.2, 0.25) is 0 Å². The van der Waals surface area contributed by atoms with Crippen LogP contribution in [0.2, 0.25) is 0 Å². The van der Waals surface area contributed by atoms with Crippen molar-refractivity contribution in [3.05, 3.63) is 52.6 Å². The second-order valence-corrected chi connectivity index (χ2v) is 5.94. The van der Waals surface area contributed by atoms with Gasteiger partial charge in [0.05, 0.1) is 29.5 Å². The number of fused-ring (bicyclic) bond motifs is 2. The van der Waals surface area contributed by atoms with E-state index in [0.717, 1.165) is 0 Å². The lowest BCUT2D eigenvalue weighted by molar-refractivity contribution is 0.0952. The number of anilines is 1. The number of rotatable bonds is 5. The molecule has 6 heteroatoms. The molecule has 0 spiro atoms. The predicted octanol–water partition coefficient (Wildman–Crippen LogP) is 2.55. The number of aromatic hydroxyl groups is 1. The number of hydrogen-bond donors (Lipinski definition) is 2. The Hall–Kier alpha value is -2.86.